The first kappa shape index (κ1) is 21.4. The largest absolute Gasteiger partial charge is 0.327 e. The molecule has 1 aliphatic carbocycles. The Bertz CT molecular complexity index is 1080. The van der Waals surface area contributed by atoms with Crippen molar-refractivity contribution >= 4 is 5.91 Å². The number of hydrogen-bond donors (Lipinski definition) is 1. The van der Waals surface area contributed by atoms with Crippen LogP contribution in [0.5, 0.6) is 0 Å². The minimum absolute atomic E-state index is 0.0363. The van der Waals surface area contributed by atoms with E-state index in [1.165, 1.54) is 0 Å². The lowest BCUT2D eigenvalue weighted by molar-refractivity contribution is 0.0715. The lowest BCUT2D eigenvalue weighted by atomic mass is 9.95. The second-order valence-electron chi connectivity index (χ2n) is 9.64. The first-order chi connectivity index (χ1) is 15.5. The summed E-state index contributed by atoms with van der Waals surface area (Å²) >= 11 is 0. The van der Waals surface area contributed by atoms with Crippen LogP contribution >= 0.6 is 0 Å². The topological polar surface area (TPSA) is 87.1 Å². The second-order valence-corrected chi connectivity index (χ2v) is 9.64. The van der Waals surface area contributed by atoms with E-state index in [2.05, 4.69) is 23.7 Å². The molecule has 0 spiro atoms. The van der Waals surface area contributed by atoms with Crippen molar-refractivity contribution in [3.63, 3.8) is 0 Å². The fourth-order valence-corrected chi connectivity index (χ4v) is 5.58. The Kier molecular flexibility index (Phi) is 5.65. The van der Waals surface area contributed by atoms with Crippen LogP contribution in [0.15, 0.2) is 4.79 Å². The second kappa shape index (κ2) is 8.46. The van der Waals surface area contributed by atoms with Crippen molar-refractivity contribution in [1.82, 2.24) is 29.5 Å². The maximum atomic E-state index is 13.8. The number of fused-ring (bicyclic) bond motifs is 2. The van der Waals surface area contributed by atoms with Crippen molar-refractivity contribution in [3.05, 3.63) is 44.4 Å². The van der Waals surface area contributed by atoms with Gasteiger partial charge >= 0.3 is 0 Å². The third-order valence-electron chi connectivity index (χ3n) is 7.41. The fourth-order valence-electron chi connectivity index (χ4n) is 5.58. The molecule has 2 aromatic rings. The van der Waals surface area contributed by atoms with Gasteiger partial charge in [-0.05, 0) is 65.7 Å². The summed E-state index contributed by atoms with van der Waals surface area (Å²) in [7, 11) is 0. The van der Waals surface area contributed by atoms with Crippen LogP contribution in [0.2, 0.25) is 0 Å². The van der Waals surface area contributed by atoms with E-state index in [0.717, 1.165) is 79.7 Å². The first-order valence-electron chi connectivity index (χ1n) is 12.2. The molecule has 0 radical (unpaired) electrons. The van der Waals surface area contributed by atoms with Crippen LogP contribution in [-0.4, -0.2) is 54.6 Å². The Balaban J connectivity index is 1.48. The van der Waals surface area contributed by atoms with Gasteiger partial charge in [0.1, 0.15) is 11.5 Å². The van der Waals surface area contributed by atoms with E-state index in [0.29, 0.717) is 31.5 Å². The van der Waals surface area contributed by atoms with Crippen LogP contribution in [0.1, 0.15) is 91.3 Å². The van der Waals surface area contributed by atoms with E-state index in [9.17, 15) is 9.59 Å². The van der Waals surface area contributed by atoms with Crippen LogP contribution in [0, 0.1) is 0 Å². The monoisotopic (exact) mass is 438 g/mol. The van der Waals surface area contributed by atoms with Gasteiger partial charge in [-0.15, -0.1) is 0 Å². The number of aromatic amines is 1. The molecule has 0 aromatic carbocycles. The number of aryl methyl sites for hydroxylation is 2. The minimum Gasteiger partial charge on any atom is -0.327 e. The van der Waals surface area contributed by atoms with Crippen LogP contribution in [0.3, 0.4) is 0 Å². The number of nitrogens with one attached hydrogen (secondary N) is 1. The molecule has 172 valence electrons. The molecule has 3 aliphatic rings. The quantitative estimate of drug-likeness (QED) is 0.793. The Morgan fingerprint density at radius 2 is 1.91 bits per heavy atom. The molecule has 0 unspecified atom stereocenters. The van der Waals surface area contributed by atoms with Crippen molar-refractivity contribution in [2.45, 2.75) is 90.9 Å². The molecule has 8 nitrogen and oxygen atoms in total. The lowest BCUT2D eigenvalue weighted by Crippen LogP contribution is -2.40. The number of carbonyl (C=O) groups excluding carboxylic acids is 1. The van der Waals surface area contributed by atoms with E-state index >= 15 is 0 Å². The molecule has 4 heterocycles. The molecule has 1 fully saturated rings. The van der Waals surface area contributed by atoms with Gasteiger partial charge in [0.25, 0.3) is 11.5 Å². The zero-order chi connectivity index (χ0) is 22.4. The number of amides is 1. The normalized spacial score (nSPS) is 21.1. The number of rotatable bonds is 4. The molecule has 0 bridgehead atoms. The van der Waals surface area contributed by atoms with E-state index in [1.807, 2.05) is 16.5 Å². The summed E-state index contributed by atoms with van der Waals surface area (Å²) in [4.78, 5) is 38.9. The van der Waals surface area contributed by atoms with Crippen LogP contribution < -0.4 is 5.56 Å². The van der Waals surface area contributed by atoms with Gasteiger partial charge in [0.2, 0.25) is 0 Å². The molecule has 0 saturated carbocycles. The Morgan fingerprint density at radius 1 is 1.09 bits per heavy atom. The van der Waals surface area contributed by atoms with E-state index in [1.54, 1.807) is 0 Å². The Labute approximate surface area is 189 Å². The molecular formula is C24H34N6O2. The zero-order valence-corrected chi connectivity index (χ0v) is 19.5. The summed E-state index contributed by atoms with van der Waals surface area (Å²) in [5.74, 6) is 0.677. The Morgan fingerprint density at radius 3 is 2.69 bits per heavy atom. The molecular weight excluding hydrogens is 404 g/mol. The van der Waals surface area contributed by atoms with Gasteiger partial charge in [-0.25, -0.2) is 4.98 Å². The van der Waals surface area contributed by atoms with Crippen LogP contribution in [0.25, 0.3) is 0 Å². The van der Waals surface area contributed by atoms with Crippen molar-refractivity contribution in [3.8, 4) is 0 Å². The highest BCUT2D eigenvalue weighted by Crippen LogP contribution is 2.34. The van der Waals surface area contributed by atoms with Crippen molar-refractivity contribution in [2.24, 2.45) is 0 Å². The summed E-state index contributed by atoms with van der Waals surface area (Å²) in [6, 6.07) is 0.229. The lowest BCUT2D eigenvalue weighted by Gasteiger charge is -2.31. The number of hydrogen-bond acceptors (Lipinski definition) is 5. The first-order valence-corrected chi connectivity index (χ1v) is 12.2. The molecule has 2 aliphatic heterocycles. The highest BCUT2D eigenvalue weighted by Gasteiger charge is 2.37. The van der Waals surface area contributed by atoms with Gasteiger partial charge in [0, 0.05) is 43.3 Å². The molecule has 1 amide bonds. The van der Waals surface area contributed by atoms with Crippen molar-refractivity contribution in [2.75, 3.05) is 13.1 Å². The van der Waals surface area contributed by atoms with Gasteiger partial charge in [-0.3, -0.25) is 19.2 Å². The van der Waals surface area contributed by atoms with Crippen LogP contribution in [0.4, 0.5) is 0 Å². The molecule has 32 heavy (non-hydrogen) atoms. The molecule has 2 aromatic heterocycles. The maximum Gasteiger partial charge on any atom is 0.273 e. The minimum atomic E-state index is -0.186. The number of nitrogens with zero attached hydrogens (tertiary/aromatic N) is 5. The SMILES string of the molecule is CCn1nc2c(c1C(=O)N1CCC[C@@H]1c1nc3c(c(=O)[nH]1)CCN(C(C)C)C3)CCCC2. The molecule has 1 N–H and O–H groups in total. The highest BCUT2D eigenvalue weighted by molar-refractivity contribution is 5.95. The predicted octanol–water partition coefficient (Wildman–Crippen LogP) is 2.61. The number of H-pyrrole nitrogens is 1. The standard InChI is InChI=1S/C24H34N6O2/c1-4-30-21(16-8-5-6-9-18(16)27-30)24(32)29-12-7-10-20(29)22-25-19-14-28(15(2)3)13-11-17(19)23(31)26-22/h15,20H,4-14H2,1-3H3,(H,25,26,31)/t20-/m1/s1. The predicted molar refractivity (Wildman–Crippen MR) is 122 cm³/mol. The smallest absolute Gasteiger partial charge is 0.273 e. The zero-order valence-electron chi connectivity index (χ0n) is 19.5. The molecule has 1 atom stereocenters. The summed E-state index contributed by atoms with van der Waals surface area (Å²) < 4.78 is 1.89. The van der Waals surface area contributed by atoms with Gasteiger partial charge in [0.05, 0.1) is 17.4 Å². The summed E-state index contributed by atoms with van der Waals surface area (Å²) in [6.45, 7) is 9.34. The molecule has 8 heteroatoms. The third-order valence-corrected chi connectivity index (χ3v) is 7.41. The maximum absolute atomic E-state index is 13.8. The summed E-state index contributed by atoms with van der Waals surface area (Å²) in [6.07, 6.45) is 6.60. The Hall–Kier alpha value is -2.48. The average molecular weight is 439 g/mol. The molecule has 5 rings (SSSR count). The van der Waals surface area contributed by atoms with Gasteiger partial charge < -0.3 is 9.88 Å². The van der Waals surface area contributed by atoms with E-state index in [4.69, 9.17) is 10.1 Å². The van der Waals surface area contributed by atoms with E-state index < -0.39 is 0 Å². The molecule has 1 saturated heterocycles. The van der Waals surface area contributed by atoms with Gasteiger partial charge in [0.15, 0.2) is 0 Å². The number of aromatic nitrogens is 4. The van der Waals surface area contributed by atoms with Crippen molar-refractivity contribution < 1.29 is 4.79 Å². The van der Waals surface area contributed by atoms with Gasteiger partial charge in [-0.2, -0.15) is 5.10 Å². The fraction of sp³-hybridized carbons (Fsp3) is 0.667. The summed E-state index contributed by atoms with van der Waals surface area (Å²) in [5, 5.41) is 4.75. The van der Waals surface area contributed by atoms with Gasteiger partial charge in [-0.1, -0.05) is 0 Å². The number of carbonyl (C=O) groups is 1. The highest BCUT2D eigenvalue weighted by atomic mass is 16.2. The average Bonchev–Trinajstić information content (AvgIpc) is 3.43. The third kappa shape index (κ3) is 3.58. The summed E-state index contributed by atoms with van der Waals surface area (Å²) in [5.41, 5.74) is 4.61. The van der Waals surface area contributed by atoms with Crippen LogP contribution in [-0.2, 0) is 32.4 Å². The van der Waals surface area contributed by atoms with Crippen molar-refractivity contribution in [1.29, 1.82) is 0 Å². The number of likely N-dealkylation sites (tertiary alicyclic amines) is 1. The van der Waals surface area contributed by atoms with E-state index in [-0.39, 0.29) is 17.5 Å².